The van der Waals surface area contributed by atoms with Crippen molar-refractivity contribution in [2.75, 3.05) is 4.81 Å². The van der Waals surface area contributed by atoms with Gasteiger partial charge in [-0.1, -0.05) is 140 Å². The number of aromatic nitrogens is 1. The van der Waals surface area contributed by atoms with Gasteiger partial charge in [-0.05, 0) is 109 Å². The predicted molar refractivity (Wildman–Crippen MR) is 269 cm³/mol. The Labute approximate surface area is 372 Å². The number of fused-ring (bicyclic) bond motifs is 19. The van der Waals surface area contributed by atoms with Crippen LogP contribution in [0.3, 0.4) is 0 Å². The van der Waals surface area contributed by atoms with Gasteiger partial charge in [-0.25, -0.2) is 0 Å². The van der Waals surface area contributed by atoms with E-state index in [-0.39, 0.29) is 23.1 Å². The van der Waals surface area contributed by atoms with Gasteiger partial charge < -0.3 is 18.2 Å². The number of hydrogen-bond acceptors (Lipinski definition) is 3. The summed E-state index contributed by atoms with van der Waals surface area (Å²) in [4.78, 5) is 2.67. The van der Waals surface area contributed by atoms with Crippen molar-refractivity contribution in [1.29, 1.82) is 0 Å². The molecule has 0 atom stereocenters. The van der Waals surface area contributed by atoms with Crippen LogP contribution in [0, 0.1) is 0 Å². The van der Waals surface area contributed by atoms with E-state index >= 15 is 0 Å². The Morgan fingerprint density at radius 3 is 1.84 bits per heavy atom. The Balaban J connectivity index is 1.24. The Kier molecular flexibility index (Phi) is 6.72. The van der Waals surface area contributed by atoms with Gasteiger partial charge in [-0.15, -0.1) is 0 Å². The van der Waals surface area contributed by atoms with Crippen LogP contribution >= 0.6 is 0 Å². The Morgan fingerprint density at radius 2 is 1.14 bits per heavy atom. The van der Waals surface area contributed by atoms with Gasteiger partial charge in [0, 0.05) is 66.4 Å². The highest BCUT2D eigenvalue weighted by Gasteiger charge is 2.50. The number of para-hydroxylation sites is 2. The maximum Gasteiger partial charge on any atom is 0.333 e. The molecule has 3 aliphatic rings. The molecule has 1 aliphatic carbocycles. The van der Waals surface area contributed by atoms with Crippen molar-refractivity contribution in [3.63, 3.8) is 0 Å². The van der Waals surface area contributed by atoms with Crippen LogP contribution in [0.1, 0.15) is 77.6 Å². The monoisotopic (exact) mass is 826 g/mol. The predicted octanol–water partition coefficient (Wildman–Crippen LogP) is 14.7. The van der Waals surface area contributed by atoms with Crippen molar-refractivity contribution >= 4 is 94.8 Å². The molecule has 0 fully saturated rings. The average molecular weight is 827 g/mol. The number of nitrogens with zero attached hydrogens (tertiary/aromatic N) is 2. The number of hydrogen-bond donors (Lipinski definition) is 0. The molecule has 0 saturated carbocycles. The van der Waals surface area contributed by atoms with E-state index in [2.05, 4.69) is 204 Å². The summed E-state index contributed by atoms with van der Waals surface area (Å²) in [5.74, 6) is 0. The summed E-state index contributed by atoms with van der Waals surface area (Å²) in [6, 6.07) is 52.5. The van der Waals surface area contributed by atoms with Gasteiger partial charge in [-0.3, -0.25) is 0 Å². The molecule has 0 saturated heterocycles. The van der Waals surface area contributed by atoms with E-state index in [4.69, 9.17) is 8.83 Å². The molecule has 5 heterocycles. The summed E-state index contributed by atoms with van der Waals surface area (Å²) in [5.41, 5.74) is 22.6. The summed E-state index contributed by atoms with van der Waals surface area (Å²) in [6.45, 7) is 18.6. The van der Waals surface area contributed by atoms with Crippen LogP contribution in [0.5, 0.6) is 0 Å². The first-order valence-electron chi connectivity index (χ1n) is 22.9. The molecular weight excluding hydrogens is 779 g/mol. The largest absolute Gasteiger partial charge is 0.456 e. The Bertz CT molecular complexity index is 3900. The summed E-state index contributed by atoms with van der Waals surface area (Å²) >= 11 is 0. The molecule has 2 aliphatic heterocycles. The van der Waals surface area contributed by atoms with E-state index in [1.54, 1.807) is 0 Å². The minimum absolute atomic E-state index is 0.0122. The van der Waals surface area contributed by atoms with E-state index in [1.807, 2.05) is 0 Å². The van der Waals surface area contributed by atoms with Crippen LogP contribution in [-0.2, 0) is 16.2 Å². The van der Waals surface area contributed by atoms with Crippen LogP contribution in [0.25, 0.3) is 93.6 Å². The second-order valence-electron chi connectivity index (χ2n) is 21.3. The van der Waals surface area contributed by atoms with Crippen LogP contribution in [-0.4, -0.2) is 11.4 Å². The maximum absolute atomic E-state index is 6.81. The first-order chi connectivity index (χ1) is 30.8. The van der Waals surface area contributed by atoms with Crippen LogP contribution in [0.15, 0.2) is 148 Å². The normalized spacial score (nSPS) is 14.9. The minimum Gasteiger partial charge on any atom is -0.456 e. The van der Waals surface area contributed by atoms with E-state index in [0.29, 0.717) is 0 Å². The lowest BCUT2D eigenvalue weighted by Crippen LogP contribution is -2.61. The standard InChI is InChI=1S/C59H47BN2O2/c1-57(2,3)32-21-24-34(25-22-32)62-45-29-39-36-16-11-14-20-48(36)63-49(39)30-41(45)53-54-51(37-17-9-12-18-42(37)59(54,7)8)52-40-27-33(58(4,5)6)23-26-44(40)61-46-31-50-38(35-15-10-13-19-47(35)64-50)28-43(46)60(62)55(53)56(52)61/h9-31H,1-8H3. The van der Waals surface area contributed by atoms with Crippen LogP contribution in [0.2, 0.25) is 0 Å². The average Bonchev–Trinajstić information content (AvgIpc) is 4.00. The molecule has 0 spiro atoms. The summed E-state index contributed by atoms with van der Waals surface area (Å²) in [6.07, 6.45) is 0. The van der Waals surface area contributed by atoms with Crippen molar-refractivity contribution in [1.82, 2.24) is 4.57 Å². The lowest BCUT2D eigenvalue weighted by Gasteiger charge is -2.43. The molecule has 0 amide bonds. The van der Waals surface area contributed by atoms with Gasteiger partial charge in [0.25, 0.3) is 0 Å². The molecule has 0 N–H and O–H groups in total. The summed E-state index contributed by atoms with van der Waals surface area (Å²) in [5, 5.41) is 7.17. The first kappa shape index (κ1) is 36.5. The third kappa shape index (κ3) is 4.49. The van der Waals surface area contributed by atoms with E-state index < -0.39 is 0 Å². The summed E-state index contributed by atoms with van der Waals surface area (Å²) < 4.78 is 16.2. The number of furan rings is 2. The number of benzene rings is 8. The molecule has 0 bridgehead atoms. The second kappa shape index (κ2) is 11.8. The minimum atomic E-state index is -0.297. The topological polar surface area (TPSA) is 34.5 Å². The summed E-state index contributed by atoms with van der Waals surface area (Å²) in [7, 11) is 0. The Morgan fingerprint density at radius 1 is 0.516 bits per heavy atom. The van der Waals surface area contributed by atoms with Gasteiger partial charge in [-0.2, -0.15) is 0 Å². The lowest BCUT2D eigenvalue weighted by atomic mass is 9.43. The zero-order valence-electron chi connectivity index (χ0n) is 37.6. The maximum atomic E-state index is 6.81. The fraction of sp³-hybridized carbons (Fsp3) is 0.186. The molecule has 64 heavy (non-hydrogen) atoms. The van der Waals surface area contributed by atoms with Crippen molar-refractivity contribution < 1.29 is 8.83 Å². The number of rotatable bonds is 1. The molecule has 3 aromatic heterocycles. The van der Waals surface area contributed by atoms with Crippen LogP contribution in [0.4, 0.5) is 11.4 Å². The zero-order chi connectivity index (χ0) is 43.3. The van der Waals surface area contributed by atoms with Gasteiger partial charge in [0.15, 0.2) is 0 Å². The van der Waals surface area contributed by atoms with E-state index in [9.17, 15) is 0 Å². The van der Waals surface area contributed by atoms with Crippen LogP contribution < -0.4 is 15.7 Å². The smallest absolute Gasteiger partial charge is 0.333 e. The lowest BCUT2D eigenvalue weighted by molar-refractivity contribution is 0.590. The Hall–Kier alpha value is -6.98. The van der Waals surface area contributed by atoms with E-state index in [0.717, 1.165) is 49.6 Å². The fourth-order valence-electron chi connectivity index (χ4n) is 12.2. The molecule has 14 rings (SSSR count). The SMILES string of the molecule is CC(C)(C)c1ccc(N2B3c4cc5c(cc4-n4c6ccc(C(C)(C)C)cc6c6c7c(c(c3c64)-c3cc4oc6ccccc6c4cc32)C(C)(C)c2ccccc2-7)oc2ccccc25)cc1. The van der Waals surface area contributed by atoms with Gasteiger partial charge >= 0.3 is 6.85 Å². The molecule has 11 aromatic rings. The molecule has 308 valence electrons. The molecular formula is C59H47BN2O2. The highest BCUT2D eigenvalue weighted by Crippen LogP contribution is 2.59. The third-order valence-electron chi connectivity index (χ3n) is 15.2. The highest BCUT2D eigenvalue weighted by molar-refractivity contribution is 6.94. The molecule has 0 unspecified atom stereocenters. The first-order valence-corrected chi connectivity index (χ1v) is 22.9. The zero-order valence-corrected chi connectivity index (χ0v) is 37.6. The highest BCUT2D eigenvalue weighted by atomic mass is 16.3. The molecule has 5 heteroatoms. The molecule has 8 aromatic carbocycles. The fourth-order valence-corrected chi connectivity index (χ4v) is 12.2. The quantitative estimate of drug-likeness (QED) is 0.155. The third-order valence-corrected chi connectivity index (χ3v) is 15.2. The number of anilines is 2. The van der Waals surface area contributed by atoms with Crippen molar-refractivity contribution in [3.8, 4) is 27.9 Å². The molecule has 0 radical (unpaired) electrons. The van der Waals surface area contributed by atoms with Crippen molar-refractivity contribution in [2.45, 2.75) is 71.6 Å². The second-order valence-corrected chi connectivity index (χ2v) is 21.3. The van der Waals surface area contributed by atoms with Gasteiger partial charge in [0.05, 0.1) is 11.0 Å². The van der Waals surface area contributed by atoms with Crippen molar-refractivity contribution in [3.05, 3.63) is 162 Å². The molecule has 4 nitrogen and oxygen atoms in total. The van der Waals surface area contributed by atoms with E-state index in [1.165, 1.54) is 88.6 Å². The van der Waals surface area contributed by atoms with Gasteiger partial charge in [0.1, 0.15) is 22.3 Å². The van der Waals surface area contributed by atoms with Gasteiger partial charge in [0.2, 0.25) is 0 Å². The van der Waals surface area contributed by atoms with Crippen molar-refractivity contribution in [2.24, 2.45) is 0 Å².